The maximum absolute atomic E-state index is 13.9. The first-order valence-corrected chi connectivity index (χ1v) is 13.5. The van der Waals surface area contributed by atoms with Gasteiger partial charge in [0.05, 0.1) is 19.9 Å². The number of nitrogens with zero attached hydrogens (tertiary/aromatic N) is 4. The molecule has 38 heavy (non-hydrogen) atoms. The molecule has 0 radical (unpaired) electrons. The number of ether oxygens (including phenoxy) is 1. The van der Waals surface area contributed by atoms with Crippen molar-refractivity contribution in [2.75, 3.05) is 62.8 Å². The zero-order valence-electron chi connectivity index (χ0n) is 22.3. The summed E-state index contributed by atoms with van der Waals surface area (Å²) in [6.07, 6.45) is 1.01. The number of benzene rings is 2. The van der Waals surface area contributed by atoms with Crippen LogP contribution in [-0.2, 0) is 14.3 Å². The predicted octanol–water partition coefficient (Wildman–Crippen LogP) is 3.34. The molecule has 202 valence electrons. The van der Waals surface area contributed by atoms with Gasteiger partial charge in [-0.2, -0.15) is 0 Å². The van der Waals surface area contributed by atoms with Crippen LogP contribution in [0, 0.1) is 0 Å². The highest BCUT2D eigenvalue weighted by Gasteiger charge is 2.54. The molecule has 5 rings (SSSR count). The molecule has 2 aromatic carbocycles. The van der Waals surface area contributed by atoms with Gasteiger partial charge in [-0.1, -0.05) is 44.2 Å². The number of nitrogens with one attached hydrogen (secondary N) is 1. The molecule has 0 aliphatic carbocycles. The average Bonchev–Trinajstić information content (AvgIpc) is 3.20. The molecule has 0 atom stereocenters. The maximum atomic E-state index is 13.9. The van der Waals surface area contributed by atoms with Crippen LogP contribution in [0.4, 0.5) is 16.2 Å². The summed E-state index contributed by atoms with van der Waals surface area (Å²) >= 11 is 0. The lowest BCUT2D eigenvalue weighted by molar-refractivity contribution is -0.143. The van der Waals surface area contributed by atoms with Gasteiger partial charge in [0.1, 0.15) is 12.1 Å². The maximum Gasteiger partial charge on any atom is 0.321 e. The van der Waals surface area contributed by atoms with Crippen LogP contribution in [0.15, 0.2) is 54.6 Å². The van der Waals surface area contributed by atoms with Gasteiger partial charge in [0.25, 0.3) is 5.91 Å². The van der Waals surface area contributed by atoms with Gasteiger partial charge in [0, 0.05) is 37.6 Å². The van der Waals surface area contributed by atoms with Crippen molar-refractivity contribution in [3.8, 4) is 0 Å². The normalized spacial score (nSPS) is 19.4. The van der Waals surface area contributed by atoms with Crippen LogP contribution in [0.1, 0.15) is 38.2 Å². The third-order valence-corrected chi connectivity index (χ3v) is 7.98. The number of carbonyl (C=O) groups is 3. The Morgan fingerprint density at radius 3 is 2.21 bits per heavy atom. The minimum atomic E-state index is -0.775. The Bertz CT molecular complexity index is 1140. The van der Waals surface area contributed by atoms with Crippen LogP contribution in [-0.4, -0.2) is 90.7 Å². The smallest absolute Gasteiger partial charge is 0.321 e. The fourth-order valence-electron chi connectivity index (χ4n) is 5.63. The fraction of sp³-hybridized carbons (Fsp3) is 0.483. The van der Waals surface area contributed by atoms with Crippen LogP contribution in [0.25, 0.3) is 0 Å². The van der Waals surface area contributed by atoms with Crippen molar-refractivity contribution in [3.63, 3.8) is 0 Å². The molecule has 3 aliphatic rings. The minimum Gasteiger partial charge on any atom is -0.378 e. The van der Waals surface area contributed by atoms with Crippen LogP contribution < -0.4 is 10.2 Å². The Balaban J connectivity index is 1.28. The summed E-state index contributed by atoms with van der Waals surface area (Å²) in [5.74, 6) is 0.345. The number of likely N-dealkylation sites (tertiary alicyclic amines) is 1. The standard InChI is InChI=1S/C29H37N5O4/c1-22(2)23-8-10-24(11-9-23)30-28(37)32-14-12-29(13-15-32)27(36)33(20-26(35)31-16-18-38-19-17-31)21-34(29)25-6-4-3-5-7-25/h3-11,22H,12-21H2,1-2H3,(H,30,37). The molecule has 0 bridgehead atoms. The number of morpholine rings is 1. The molecule has 3 aliphatic heterocycles. The topological polar surface area (TPSA) is 85.4 Å². The molecule has 1 spiro atoms. The lowest BCUT2D eigenvalue weighted by Crippen LogP contribution is -2.58. The van der Waals surface area contributed by atoms with E-state index in [2.05, 4.69) is 24.1 Å². The molecule has 3 saturated heterocycles. The van der Waals surface area contributed by atoms with E-state index in [9.17, 15) is 14.4 Å². The molecule has 2 aromatic rings. The van der Waals surface area contributed by atoms with Crippen molar-refractivity contribution in [1.29, 1.82) is 0 Å². The van der Waals surface area contributed by atoms with Gasteiger partial charge < -0.3 is 29.7 Å². The summed E-state index contributed by atoms with van der Waals surface area (Å²) < 4.78 is 5.37. The molecule has 3 heterocycles. The minimum absolute atomic E-state index is 0.0349. The van der Waals surface area contributed by atoms with Gasteiger partial charge in [-0.15, -0.1) is 0 Å². The highest BCUT2D eigenvalue weighted by atomic mass is 16.5. The molecule has 9 nitrogen and oxygen atoms in total. The number of hydrogen-bond acceptors (Lipinski definition) is 5. The van der Waals surface area contributed by atoms with Crippen molar-refractivity contribution >= 4 is 29.2 Å². The molecule has 9 heteroatoms. The van der Waals surface area contributed by atoms with Crippen LogP contribution >= 0.6 is 0 Å². The van der Waals surface area contributed by atoms with Crippen LogP contribution in [0.2, 0.25) is 0 Å². The van der Waals surface area contributed by atoms with Crippen LogP contribution in [0.3, 0.4) is 0 Å². The first-order valence-electron chi connectivity index (χ1n) is 13.5. The molecule has 0 unspecified atom stereocenters. The van der Waals surface area contributed by atoms with Gasteiger partial charge >= 0.3 is 6.03 Å². The van der Waals surface area contributed by atoms with Crippen molar-refractivity contribution in [2.24, 2.45) is 0 Å². The highest BCUT2D eigenvalue weighted by Crippen LogP contribution is 2.39. The monoisotopic (exact) mass is 519 g/mol. The Morgan fingerprint density at radius 2 is 1.58 bits per heavy atom. The summed E-state index contributed by atoms with van der Waals surface area (Å²) in [7, 11) is 0. The van der Waals surface area contributed by atoms with E-state index in [4.69, 9.17) is 4.74 Å². The molecule has 0 aromatic heterocycles. The Hall–Kier alpha value is -3.59. The number of anilines is 2. The first kappa shape index (κ1) is 26.0. The van der Waals surface area contributed by atoms with E-state index in [-0.39, 0.29) is 24.4 Å². The Morgan fingerprint density at radius 1 is 0.921 bits per heavy atom. The summed E-state index contributed by atoms with van der Waals surface area (Å²) in [6.45, 7) is 7.76. The van der Waals surface area contributed by atoms with Gasteiger partial charge in [-0.25, -0.2) is 4.79 Å². The fourth-order valence-corrected chi connectivity index (χ4v) is 5.63. The number of hydrogen-bond donors (Lipinski definition) is 1. The number of amides is 4. The SMILES string of the molecule is CC(C)c1ccc(NC(=O)N2CCC3(CC2)C(=O)N(CC(=O)N2CCOCC2)CN3c2ccccc2)cc1. The largest absolute Gasteiger partial charge is 0.378 e. The van der Waals surface area contributed by atoms with Gasteiger partial charge in [0.15, 0.2) is 0 Å². The van der Waals surface area contributed by atoms with Gasteiger partial charge in [0.2, 0.25) is 5.91 Å². The number of carbonyl (C=O) groups excluding carboxylic acids is 3. The molecular formula is C29H37N5O4. The summed E-state index contributed by atoms with van der Waals surface area (Å²) in [5.41, 5.74) is 2.16. The zero-order chi connectivity index (χ0) is 26.7. The van der Waals surface area contributed by atoms with Crippen molar-refractivity contribution in [1.82, 2.24) is 14.7 Å². The lowest BCUT2D eigenvalue weighted by Gasteiger charge is -2.43. The highest BCUT2D eigenvalue weighted by molar-refractivity contribution is 5.97. The number of urea groups is 1. The molecule has 0 saturated carbocycles. The van der Waals surface area contributed by atoms with Crippen molar-refractivity contribution in [2.45, 2.75) is 38.1 Å². The Kier molecular flexibility index (Phi) is 7.56. The second-order valence-corrected chi connectivity index (χ2v) is 10.6. The summed E-state index contributed by atoms with van der Waals surface area (Å²) in [4.78, 5) is 47.3. The van der Waals surface area contributed by atoms with E-state index in [0.717, 1.165) is 11.4 Å². The van der Waals surface area contributed by atoms with Crippen molar-refractivity contribution in [3.05, 3.63) is 60.2 Å². The van der Waals surface area contributed by atoms with E-state index >= 15 is 0 Å². The van der Waals surface area contributed by atoms with Gasteiger partial charge in [-0.05, 0) is 48.6 Å². The zero-order valence-corrected chi connectivity index (χ0v) is 22.3. The quantitative estimate of drug-likeness (QED) is 0.655. The molecule has 3 fully saturated rings. The Labute approximate surface area is 224 Å². The van der Waals surface area contributed by atoms with E-state index in [1.54, 1.807) is 14.7 Å². The third kappa shape index (κ3) is 5.20. The number of piperidine rings is 1. The summed E-state index contributed by atoms with van der Waals surface area (Å²) in [6, 6.07) is 17.6. The van der Waals surface area contributed by atoms with E-state index < -0.39 is 5.54 Å². The average molecular weight is 520 g/mol. The second kappa shape index (κ2) is 11.0. The molecule has 1 N–H and O–H groups in total. The first-order chi connectivity index (χ1) is 18.4. The number of rotatable bonds is 5. The van der Waals surface area contributed by atoms with E-state index in [1.807, 2.05) is 54.6 Å². The van der Waals surface area contributed by atoms with Crippen LogP contribution in [0.5, 0.6) is 0 Å². The van der Waals surface area contributed by atoms with Crippen molar-refractivity contribution < 1.29 is 19.1 Å². The number of para-hydroxylation sites is 1. The third-order valence-electron chi connectivity index (χ3n) is 7.98. The van der Waals surface area contributed by atoms with E-state index in [1.165, 1.54) is 5.56 Å². The lowest BCUT2D eigenvalue weighted by atomic mass is 9.85. The molecular weight excluding hydrogens is 482 g/mol. The van der Waals surface area contributed by atoms with E-state index in [0.29, 0.717) is 64.8 Å². The summed E-state index contributed by atoms with van der Waals surface area (Å²) in [5, 5.41) is 3.00. The predicted molar refractivity (Wildman–Crippen MR) is 146 cm³/mol. The van der Waals surface area contributed by atoms with Gasteiger partial charge in [-0.3, -0.25) is 9.59 Å². The molecule has 4 amide bonds. The second-order valence-electron chi connectivity index (χ2n) is 10.6.